The Morgan fingerprint density at radius 1 is 1.18 bits per heavy atom. The summed E-state index contributed by atoms with van der Waals surface area (Å²) in [6.45, 7) is 9.73. The van der Waals surface area contributed by atoms with E-state index in [0.717, 1.165) is 5.56 Å². The molecule has 3 atom stereocenters. The zero-order valence-electron chi connectivity index (χ0n) is 23.5. The molecule has 3 N–H and O–H groups in total. The zero-order chi connectivity index (χ0) is 28.9. The molecule has 10 nitrogen and oxygen atoms in total. The number of hydrogen-bond donors (Lipinski definition) is 3. The van der Waals surface area contributed by atoms with Gasteiger partial charge in [0.15, 0.2) is 0 Å². The summed E-state index contributed by atoms with van der Waals surface area (Å²) in [5, 5.41) is 12.7. The van der Waals surface area contributed by atoms with Crippen LogP contribution in [0.25, 0.3) is 0 Å². The van der Waals surface area contributed by atoms with Gasteiger partial charge in [-0.15, -0.1) is 0 Å². The van der Waals surface area contributed by atoms with Crippen molar-refractivity contribution in [1.29, 1.82) is 0 Å². The fraction of sp³-hybridized carbons (Fsp3) is 0.500. The van der Waals surface area contributed by atoms with E-state index < -0.39 is 22.2 Å². The highest BCUT2D eigenvalue weighted by molar-refractivity contribution is 7.92. The average molecular weight is 561 g/mol. The van der Waals surface area contributed by atoms with E-state index in [1.165, 1.54) is 12.1 Å². The molecule has 2 aromatic rings. The monoisotopic (exact) mass is 560 g/mol. The number of aliphatic hydroxyl groups excluding tert-OH is 1. The molecule has 0 aliphatic carbocycles. The summed E-state index contributed by atoms with van der Waals surface area (Å²) in [6.07, 6.45) is -0.510. The number of urea groups is 1. The number of benzene rings is 2. The van der Waals surface area contributed by atoms with Gasteiger partial charge < -0.3 is 25.0 Å². The number of sulfonamides is 1. The quantitative estimate of drug-likeness (QED) is 0.455. The van der Waals surface area contributed by atoms with Gasteiger partial charge in [0.1, 0.15) is 11.9 Å². The first kappa shape index (κ1) is 30.2. The number of carbonyl (C=O) groups is 2. The Labute approximate surface area is 231 Å². The van der Waals surface area contributed by atoms with Gasteiger partial charge in [0.05, 0.1) is 30.5 Å². The summed E-state index contributed by atoms with van der Waals surface area (Å²) >= 11 is 0. The molecular weight excluding hydrogens is 520 g/mol. The highest BCUT2D eigenvalue weighted by Crippen LogP contribution is 2.30. The molecule has 1 aliphatic rings. The zero-order valence-corrected chi connectivity index (χ0v) is 24.3. The Bertz CT molecular complexity index is 1270. The third kappa shape index (κ3) is 7.86. The van der Waals surface area contributed by atoms with Crippen LogP contribution in [-0.2, 0) is 21.2 Å². The number of rotatable bonds is 8. The summed E-state index contributed by atoms with van der Waals surface area (Å²) < 4.78 is 34.9. The van der Waals surface area contributed by atoms with Gasteiger partial charge in [-0.2, -0.15) is 0 Å². The number of anilines is 1. The molecule has 2 aromatic carbocycles. The van der Waals surface area contributed by atoms with E-state index >= 15 is 0 Å². The molecular formula is C28H40N4O6S. The van der Waals surface area contributed by atoms with E-state index in [1.54, 1.807) is 54.1 Å². The lowest BCUT2D eigenvalue weighted by atomic mass is 10.0. The first-order valence-corrected chi connectivity index (χ1v) is 14.6. The van der Waals surface area contributed by atoms with Crippen LogP contribution in [-0.4, -0.2) is 80.2 Å². The smallest absolute Gasteiger partial charge is 0.317 e. The molecule has 0 bridgehead atoms. The van der Waals surface area contributed by atoms with Gasteiger partial charge in [0.2, 0.25) is 5.91 Å². The largest absolute Gasteiger partial charge is 0.488 e. The number of nitrogens with zero attached hydrogens (tertiary/aromatic N) is 2. The van der Waals surface area contributed by atoms with E-state index in [-0.39, 0.29) is 48.4 Å². The van der Waals surface area contributed by atoms with Gasteiger partial charge in [-0.25, -0.2) is 13.2 Å². The van der Waals surface area contributed by atoms with Crippen molar-refractivity contribution in [3.63, 3.8) is 0 Å². The first-order valence-electron chi connectivity index (χ1n) is 13.1. The number of nitrogens with one attached hydrogen (secondary N) is 2. The lowest BCUT2D eigenvalue weighted by Gasteiger charge is -2.34. The van der Waals surface area contributed by atoms with Crippen LogP contribution >= 0.6 is 0 Å². The van der Waals surface area contributed by atoms with Crippen molar-refractivity contribution >= 4 is 27.6 Å². The molecule has 11 heteroatoms. The van der Waals surface area contributed by atoms with Crippen LogP contribution in [0.15, 0.2) is 47.4 Å². The van der Waals surface area contributed by atoms with Crippen LogP contribution < -0.4 is 14.8 Å². The summed E-state index contributed by atoms with van der Waals surface area (Å²) in [6, 6.07) is 10.7. The van der Waals surface area contributed by atoms with Crippen molar-refractivity contribution in [3.05, 3.63) is 53.6 Å². The fourth-order valence-corrected chi connectivity index (χ4v) is 5.40. The van der Waals surface area contributed by atoms with E-state index in [4.69, 9.17) is 4.74 Å². The molecule has 3 amide bonds. The third-order valence-electron chi connectivity index (χ3n) is 6.71. The molecule has 0 radical (unpaired) electrons. The third-order valence-corrected chi connectivity index (χ3v) is 8.11. The number of ether oxygens (including phenoxy) is 1. The van der Waals surface area contributed by atoms with Gasteiger partial charge in [0, 0.05) is 36.8 Å². The molecule has 1 aliphatic heterocycles. The molecule has 0 spiro atoms. The number of hydrogen-bond acceptors (Lipinski definition) is 6. The van der Waals surface area contributed by atoms with Crippen molar-refractivity contribution in [3.8, 4) is 5.75 Å². The molecule has 39 heavy (non-hydrogen) atoms. The molecule has 0 unspecified atom stereocenters. The Morgan fingerprint density at radius 2 is 1.85 bits per heavy atom. The summed E-state index contributed by atoms with van der Waals surface area (Å²) in [5.41, 5.74) is 1.75. The van der Waals surface area contributed by atoms with Crippen LogP contribution in [0.3, 0.4) is 0 Å². The van der Waals surface area contributed by atoms with Crippen LogP contribution in [0.4, 0.5) is 10.5 Å². The fourth-order valence-electron chi connectivity index (χ4n) is 4.35. The lowest BCUT2D eigenvalue weighted by molar-refractivity contribution is -0.134. The first-order chi connectivity index (χ1) is 18.3. The second-order valence-electron chi connectivity index (χ2n) is 10.6. The normalized spacial score (nSPS) is 18.8. The van der Waals surface area contributed by atoms with Crippen molar-refractivity contribution in [2.75, 3.05) is 31.5 Å². The second kappa shape index (κ2) is 12.7. The number of aliphatic hydroxyl groups is 1. The van der Waals surface area contributed by atoms with Gasteiger partial charge in [-0.3, -0.25) is 9.52 Å². The molecule has 3 rings (SSSR count). The maximum Gasteiger partial charge on any atom is 0.317 e. The molecule has 0 saturated heterocycles. The summed E-state index contributed by atoms with van der Waals surface area (Å²) in [5.74, 6) is 0.0518. The van der Waals surface area contributed by atoms with E-state index in [0.29, 0.717) is 23.5 Å². The highest BCUT2D eigenvalue weighted by Gasteiger charge is 2.32. The van der Waals surface area contributed by atoms with E-state index in [9.17, 15) is 23.1 Å². The molecule has 0 aromatic heterocycles. The summed E-state index contributed by atoms with van der Waals surface area (Å²) in [4.78, 5) is 29.3. The van der Waals surface area contributed by atoms with Crippen LogP contribution in [0.5, 0.6) is 5.75 Å². The number of carbonyl (C=O) groups excluding carboxylic acids is 2. The van der Waals surface area contributed by atoms with E-state index in [1.807, 2.05) is 27.7 Å². The predicted molar refractivity (Wildman–Crippen MR) is 150 cm³/mol. The van der Waals surface area contributed by atoms with E-state index in [2.05, 4.69) is 10.0 Å². The predicted octanol–water partition coefficient (Wildman–Crippen LogP) is 2.99. The molecule has 0 fully saturated rings. The Morgan fingerprint density at radius 3 is 2.46 bits per heavy atom. The number of amides is 3. The minimum absolute atomic E-state index is 0.0276. The molecule has 0 saturated carbocycles. The van der Waals surface area contributed by atoms with Crippen molar-refractivity contribution < 1.29 is 27.9 Å². The van der Waals surface area contributed by atoms with Crippen molar-refractivity contribution in [2.45, 2.75) is 64.1 Å². The van der Waals surface area contributed by atoms with Crippen molar-refractivity contribution in [2.24, 2.45) is 5.92 Å². The highest BCUT2D eigenvalue weighted by atomic mass is 32.2. The molecule has 214 valence electrons. The number of fused-ring (bicyclic) bond motifs is 1. The average Bonchev–Trinajstić information content (AvgIpc) is 2.91. The minimum Gasteiger partial charge on any atom is -0.488 e. The van der Waals surface area contributed by atoms with Gasteiger partial charge in [0.25, 0.3) is 10.0 Å². The lowest BCUT2D eigenvalue weighted by Crippen LogP contribution is -2.49. The number of aryl methyl sites for hydroxylation is 1. The minimum atomic E-state index is -3.85. The van der Waals surface area contributed by atoms with Crippen LogP contribution in [0.2, 0.25) is 0 Å². The Kier molecular flexibility index (Phi) is 9.84. The van der Waals surface area contributed by atoms with Crippen LogP contribution in [0.1, 0.15) is 38.8 Å². The standard InChI is InChI=1S/C28H40N4O6S/c1-18(2)29-28(35)31(6)16-26-20(4)15-32(21(5)17-33)27(34)14-22-13-23(9-12-25(22)38-26)30-39(36,37)24-10-7-19(3)8-11-24/h7-13,18,20-21,26,30,33H,14-17H2,1-6H3,(H,29,35)/t20-,21-,26+/m1/s1. The van der Waals surface area contributed by atoms with Gasteiger partial charge >= 0.3 is 6.03 Å². The van der Waals surface area contributed by atoms with Crippen LogP contribution in [0, 0.1) is 12.8 Å². The Balaban J connectivity index is 1.95. The molecule has 1 heterocycles. The number of likely N-dealkylation sites (N-methyl/N-ethyl adjacent to an activating group) is 1. The topological polar surface area (TPSA) is 128 Å². The van der Waals surface area contributed by atoms with Crippen molar-refractivity contribution in [1.82, 2.24) is 15.1 Å². The maximum atomic E-state index is 13.4. The maximum absolute atomic E-state index is 13.4. The van der Waals surface area contributed by atoms with Gasteiger partial charge in [-0.05, 0) is 58.0 Å². The SMILES string of the molecule is Cc1ccc(S(=O)(=O)Nc2ccc3c(c2)CC(=O)N([C@H](C)CO)C[C@@H](C)[C@H](CN(C)C(=O)NC(C)C)O3)cc1. The summed E-state index contributed by atoms with van der Waals surface area (Å²) in [7, 11) is -2.16. The second-order valence-corrected chi connectivity index (χ2v) is 12.3. The Hall–Kier alpha value is -3.31. The van der Waals surface area contributed by atoms with Gasteiger partial charge in [-0.1, -0.05) is 24.6 Å².